The third-order valence-corrected chi connectivity index (χ3v) is 3.51. The van der Waals surface area contributed by atoms with E-state index in [0.717, 1.165) is 0 Å². The lowest BCUT2D eigenvalue weighted by Crippen LogP contribution is -2.47. The average molecular weight is 186 g/mol. The van der Waals surface area contributed by atoms with Gasteiger partial charge < -0.3 is 10.2 Å². The van der Waals surface area contributed by atoms with Gasteiger partial charge in [0.1, 0.15) is 0 Å². The van der Waals surface area contributed by atoms with Crippen LogP contribution in [0.1, 0.15) is 33.6 Å². The summed E-state index contributed by atoms with van der Waals surface area (Å²) in [6.07, 6.45) is 0.766. The van der Waals surface area contributed by atoms with Gasteiger partial charge in [-0.25, -0.2) is 4.79 Å². The van der Waals surface area contributed by atoms with Gasteiger partial charge in [-0.2, -0.15) is 0 Å². The fourth-order valence-corrected chi connectivity index (χ4v) is 2.26. The fraction of sp³-hybridized carbons (Fsp3) is 0.900. The Morgan fingerprint density at radius 3 is 1.92 bits per heavy atom. The number of hydrogen-bond acceptors (Lipinski definition) is 2. The molecule has 1 aliphatic carbocycles. The van der Waals surface area contributed by atoms with Gasteiger partial charge in [-0.1, -0.05) is 20.8 Å². The molecule has 0 saturated heterocycles. The zero-order chi connectivity index (χ0) is 10.2. The molecule has 0 aromatic carbocycles. The van der Waals surface area contributed by atoms with Gasteiger partial charge in [0.05, 0.1) is 0 Å². The van der Waals surface area contributed by atoms with Gasteiger partial charge in [0, 0.05) is 0 Å². The number of aliphatic hydroxyl groups is 1. The molecule has 0 unspecified atom stereocenters. The van der Waals surface area contributed by atoms with Crippen LogP contribution in [-0.2, 0) is 4.79 Å². The van der Waals surface area contributed by atoms with E-state index in [2.05, 4.69) is 6.92 Å². The monoisotopic (exact) mass is 186 g/mol. The highest BCUT2D eigenvalue weighted by Crippen LogP contribution is 2.39. The Kier molecular flexibility index (Phi) is 2.66. The summed E-state index contributed by atoms with van der Waals surface area (Å²) in [7, 11) is 0. The molecule has 3 heteroatoms. The summed E-state index contributed by atoms with van der Waals surface area (Å²) >= 11 is 0. The lowest BCUT2D eigenvalue weighted by molar-refractivity contribution is -0.167. The first kappa shape index (κ1) is 10.5. The van der Waals surface area contributed by atoms with Crippen molar-refractivity contribution in [2.45, 2.75) is 39.2 Å². The van der Waals surface area contributed by atoms with Crippen LogP contribution in [-0.4, -0.2) is 21.8 Å². The van der Waals surface area contributed by atoms with Crippen LogP contribution >= 0.6 is 0 Å². The van der Waals surface area contributed by atoms with Crippen LogP contribution in [0.5, 0.6) is 0 Å². The summed E-state index contributed by atoms with van der Waals surface area (Å²) in [5.41, 5.74) is -1.48. The van der Waals surface area contributed by atoms with Crippen molar-refractivity contribution in [3.05, 3.63) is 0 Å². The second kappa shape index (κ2) is 3.29. The number of hydrogen-bond donors (Lipinski definition) is 2. The molecule has 3 nitrogen and oxygen atoms in total. The van der Waals surface area contributed by atoms with E-state index in [4.69, 9.17) is 5.11 Å². The number of carboxylic acid groups (broad SMARTS) is 1. The van der Waals surface area contributed by atoms with E-state index in [-0.39, 0.29) is 11.8 Å². The minimum absolute atomic E-state index is 0.282. The Labute approximate surface area is 78.8 Å². The maximum atomic E-state index is 10.8. The van der Waals surface area contributed by atoms with E-state index in [1.165, 1.54) is 0 Å². The lowest BCUT2D eigenvalue weighted by atomic mass is 9.68. The quantitative estimate of drug-likeness (QED) is 0.652. The Hall–Kier alpha value is -0.570. The molecule has 0 spiro atoms. The van der Waals surface area contributed by atoms with Crippen molar-refractivity contribution in [1.82, 2.24) is 0 Å². The Morgan fingerprint density at radius 1 is 1.23 bits per heavy atom. The molecular weight excluding hydrogens is 168 g/mol. The Balaban J connectivity index is 2.79. The highest BCUT2D eigenvalue weighted by molar-refractivity contribution is 5.77. The number of carbonyl (C=O) groups is 1. The number of carboxylic acids is 1. The van der Waals surface area contributed by atoms with Crippen LogP contribution in [0.3, 0.4) is 0 Å². The van der Waals surface area contributed by atoms with Crippen molar-refractivity contribution in [2.75, 3.05) is 0 Å². The van der Waals surface area contributed by atoms with Crippen LogP contribution < -0.4 is 0 Å². The van der Waals surface area contributed by atoms with Crippen LogP contribution in [0.15, 0.2) is 0 Å². The van der Waals surface area contributed by atoms with E-state index in [1.54, 1.807) is 0 Å². The summed E-state index contributed by atoms with van der Waals surface area (Å²) in [4.78, 5) is 10.8. The van der Waals surface area contributed by atoms with E-state index in [0.29, 0.717) is 18.8 Å². The van der Waals surface area contributed by atoms with E-state index in [9.17, 15) is 9.90 Å². The summed E-state index contributed by atoms with van der Waals surface area (Å²) in [5, 5.41) is 18.7. The van der Waals surface area contributed by atoms with Gasteiger partial charge >= 0.3 is 5.97 Å². The highest BCUT2D eigenvalue weighted by Gasteiger charge is 2.45. The first-order chi connectivity index (χ1) is 5.87. The number of aliphatic carboxylic acids is 1. The molecule has 1 fully saturated rings. The smallest absolute Gasteiger partial charge is 0.335 e. The largest absolute Gasteiger partial charge is 0.479 e. The minimum atomic E-state index is -1.48. The fourth-order valence-electron chi connectivity index (χ4n) is 2.26. The third kappa shape index (κ3) is 1.85. The first-order valence-corrected chi connectivity index (χ1v) is 4.82. The zero-order valence-corrected chi connectivity index (χ0v) is 8.45. The minimum Gasteiger partial charge on any atom is -0.479 e. The first-order valence-electron chi connectivity index (χ1n) is 4.82. The van der Waals surface area contributed by atoms with Crippen molar-refractivity contribution in [3.63, 3.8) is 0 Å². The summed E-state index contributed by atoms with van der Waals surface area (Å²) in [6.45, 7) is 6.14. The molecule has 0 heterocycles. The van der Waals surface area contributed by atoms with E-state index in [1.807, 2.05) is 13.8 Å². The normalized spacial score (nSPS) is 46.0. The maximum Gasteiger partial charge on any atom is 0.335 e. The van der Waals surface area contributed by atoms with E-state index < -0.39 is 11.6 Å². The topological polar surface area (TPSA) is 57.5 Å². The highest BCUT2D eigenvalue weighted by atomic mass is 16.4. The molecule has 76 valence electrons. The molecule has 13 heavy (non-hydrogen) atoms. The van der Waals surface area contributed by atoms with Crippen LogP contribution in [0.4, 0.5) is 0 Å². The van der Waals surface area contributed by atoms with E-state index >= 15 is 0 Å². The third-order valence-electron chi connectivity index (χ3n) is 3.51. The Morgan fingerprint density at radius 2 is 1.62 bits per heavy atom. The zero-order valence-electron chi connectivity index (χ0n) is 8.45. The molecule has 1 rings (SSSR count). The second-order valence-electron chi connectivity index (χ2n) is 4.56. The molecule has 2 N–H and O–H groups in total. The van der Waals surface area contributed by atoms with Gasteiger partial charge in [-0.15, -0.1) is 0 Å². The van der Waals surface area contributed by atoms with Crippen LogP contribution in [0.2, 0.25) is 0 Å². The van der Waals surface area contributed by atoms with Gasteiger partial charge in [0.15, 0.2) is 5.60 Å². The lowest BCUT2D eigenvalue weighted by Gasteiger charge is -2.40. The van der Waals surface area contributed by atoms with Gasteiger partial charge in [-0.05, 0) is 30.6 Å². The Bertz CT molecular complexity index is 200. The predicted molar refractivity (Wildman–Crippen MR) is 49.3 cm³/mol. The van der Waals surface area contributed by atoms with Crippen LogP contribution in [0.25, 0.3) is 0 Å². The molecule has 1 aliphatic rings. The molecule has 1 saturated carbocycles. The maximum absolute atomic E-state index is 10.8. The molecular formula is C10H18O3. The molecule has 2 atom stereocenters. The number of rotatable bonds is 1. The molecule has 0 amide bonds. The summed E-state index contributed by atoms with van der Waals surface area (Å²) in [6, 6.07) is 0. The van der Waals surface area contributed by atoms with Crippen molar-refractivity contribution < 1.29 is 15.0 Å². The van der Waals surface area contributed by atoms with Gasteiger partial charge in [0.25, 0.3) is 0 Å². The summed E-state index contributed by atoms with van der Waals surface area (Å²) in [5.74, 6) is -0.00701. The molecule has 0 bridgehead atoms. The average Bonchev–Trinajstić information content (AvgIpc) is 2.00. The molecule has 0 aromatic heterocycles. The summed E-state index contributed by atoms with van der Waals surface area (Å²) < 4.78 is 0. The van der Waals surface area contributed by atoms with Crippen molar-refractivity contribution in [2.24, 2.45) is 17.8 Å². The van der Waals surface area contributed by atoms with Crippen molar-refractivity contribution >= 4 is 5.97 Å². The van der Waals surface area contributed by atoms with Crippen LogP contribution in [0, 0.1) is 17.8 Å². The van der Waals surface area contributed by atoms with Crippen molar-refractivity contribution in [3.8, 4) is 0 Å². The van der Waals surface area contributed by atoms with Crippen molar-refractivity contribution in [1.29, 1.82) is 0 Å². The molecule has 0 aliphatic heterocycles. The molecule has 0 aromatic rings. The predicted octanol–water partition coefficient (Wildman–Crippen LogP) is 1.50. The molecule has 0 radical (unpaired) electrons. The second-order valence-corrected chi connectivity index (χ2v) is 4.56. The SMILES string of the molecule is CC1[C@H](C)CC(O)(C(=O)O)C[C@H]1C. The van der Waals surface area contributed by atoms with Gasteiger partial charge in [-0.3, -0.25) is 0 Å². The van der Waals surface area contributed by atoms with Gasteiger partial charge in [0.2, 0.25) is 0 Å². The standard InChI is InChI=1S/C10H18O3/c1-6-4-10(13,9(11)12)5-7(2)8(6)3/h6-8,13H,4-5H2,1-3H3,(H,11,12)/t6-,7-,8?,10?/m1/s1.